The summed E-state index contributed by atoms with van der Waals surface area (Å²) < 4.78 is 5.21. The largest absolute Gasteiger partial charge is 0.462 e. The Morgan fingerprint density at radius 2 is 2.07 bits per heavy atom. The van der Waals surface area contributed by atoms with Crippen LogP contribution >= 0.6 is 11.6 Å². The summed E-state index contributed by atoms with van der Waals surface area (Å²) in [5.74, 6) is -0.246. The van der Waals surface area contributed by atoms with Crippen molar-refractivity contribution < 1.29 is 14.6 Å². The van der Waals surface area contributed by atoms with Crippen LogP contribution in [0, 0.1) is 0 Å². The van der Waals surface area contributed by atoms with Crippen LogP contribution in [-0.2, 0) is 9.53 Å². The molecule has 82 valence electrons. The Kier molecular flexibility index (Phi) is 5.26. The van der Waals surface area contributed by atoms with E-state index in [0.717, 1.165) is 25.7 Å². The second-order valence-corrected chi connectivity index (χ2v) is 4.07. The molecule has 1 unspecified atom stereocenters. The van der Waals surface area contributed by atoms with Crippen LogP contribution in [0.1, 0.15) is 38.5 Å². The van der Waals surface area contributed by atoms with Gasteiger partial charge in [0.2, 0.25) is 0 Å². The van der Waals surface area contributed by atoms with Gasteiger partial charge in [0.25, 0.3) is 0 Å². The lowest BCUT2D eigenvalue weighted by atomic mass is 9.98. The van der Waals surface area contributed by atoms with Gasteiger partial charge in [0.1, 0.15) is 6.10 Å². The second-order valence-electron chi connectivity index (χ2n) is 3.76. The van der Waals surface area contributed by atoms with E-state index in [1.54, 1.807) is 0 Å². The van der Waals surface area contributed by atoms with Gasteiger partial charge in [-0.1, -0.05) is 6.42 Å². The van der Waals surface area contributed by atoms with Gasteiger partial charge in [-0.25, -0.2) is 0 Å². The third-order valence-corrected chi connectivity index (χ3v) is 2.79. The van der Waals surface area contributed by atoms with Crippen LogP contribution in [0.5, 0.6) is 0 Å². The Hall–Kier alpha value is -0.280. The molecule has 0 aromatic heterocycles. The molecule has 1 atom stereocenters. The average Bonchev–Trinajstić information content (AvgIpc) is 2.19. The molecule has 1 N–H and O–H groups in total. The Morgan fingerprint density at radius 3 is 2.64 bits per heavy atom. The molecule has 4 heteroatoms. The SMILES string of the molecule is O=C(CC(O)CCl)OC1CCCCC1. The van der Waals surface area contributed by atoms with E-state index in [4.69, 9.17) is 21.4 Å². The molecule has 0 bridgehead atoms. The molecule has 1 rings (SSSR count). The number of alkyl halides is 1. The van der Waals surface area contributed by atoms with Crippen LogP contribution in [0.15, 0.2) is 0 Å². The third kappa shape index (κ3) is 4.29. The topological polar surface area (TPSA) is 46.5 Å². The Balaban J connectivity index is 2.18. The molecule has 0 spiro atoms. The number of aliphatic hydroxyl groups excluding tert-OH is 1. The number of carbonyl (C=O) groups excluding carboxylic acids is 1. The fourth-order valence-corrected chi connectivity index (χ4v) is 1.77. The van der Waals surface area contributed by atoms with E-state index in [-0.39, 0.29) is 24.4 Å². The van der Waals surface area contributed by atoms with E-state index in [1.807, 2.05) is 0 Å². The number of rotatable bonds is 4. The van der Waals surface area contributed by atoms with Gasteiger partial charge in [0.05, 0.1) is 12.5 Å². The molecule has 1 fully saturated rings. The minimum atomic E-state index is -0.771. The van der Waals surface area contributed by atoms with Crippen molar-refractivity contribution in [1.29, 1.82) is 0 Å². The molecule has 0 heterocycles. The van der Waals surface area contributed by atoms with Gasteiger partial charge in [0.15, 0.2) is 0 Å². The molecular formula is C10H17ClO3. The number of carbonyl (C=O) groups is 1. The van der Waals surface area contributed by atoms with Gasteiger partial charge in [0, 0.05) is 5.88 Å². The normalized spacial score (nSPS) is 20.4. The summed E-state index contributed by atoms with van der Waals surface area (Å²) in [6, 6.07) is 0. The lowest BCUT2D eigenvalue weighted by molar-refractivity contribution is -0.152. The summed E-state index contributed by atoms with van der Waals surface area (Å²) >= 11 is 5.38. The third-order valence-electron chi connectivity index (χ3n) is 2.43. The molecule has 0 radical (unpaired) electrons. The summed E-state index contributed by atoms with van der Waals surface area (Å²) in [5, 5.41) is 9.13. The molecule has 0 saturated heterocycles. The molecule has 14 heavy (non-hydrogen) atoms. The van der Waals surface area contributed by atoms with Gasteiger partial charge in [-0.2, -0.15) is 0 Å². The second kappa shape index (κ2) is 6.25. The predicted octanol–water partition coefficient (Wildman–Crippen LogP) is 1.85. The highest BCUT2D eigenvalue weighted by Crippen LogP contribution is 2.20. The van der Waals surface area contributed by atoms with Crippen LogP contribution in [-0.4, -0.2) is 29.2 Å². The first kappa shape index (κ1) is 11.8. The van der Waals surface area contributed by atoms with E-state index < -0.39 is 6.10 Å². The van der Waals surface area contributed by atoms with Crippen molar-refractivity contribution >= 4 is 17.6 Å². The van der Waals surface area contributed by atoms with Crippen molar-refractivity contribution in [3.8, 4) is 0 Å². The molecule has 1 aliphatic carbocycles. The van der Waals surface area contributed by atoms with Gasteiger partial charge in [-0.15, -0.1) is 11.6 Å². The summed E-state index contributed by atoms with van der Waals surface area (Å²) in [5.41, 5.74) is 0. The standard InChI is InChI=1S/C10H17ClO3/c11-7-8(12)6-10(13)14-9-4-2-1-3-5-9/h8-9,12H,1-7H2. The quantitative estimate of drug-likeness (QED) is 0.581. The predicted molar refractivity (Wildman–Crippen MR) is 54.3 cm³/mol. The van der Waals surface area contributed by atoms with E-state index in [2.05, 4.69) is 0 Å². The van der Waals surface area contributed by atoms with Gasteiger partial charge in [-0.3, -0.25) is 4.79 Å². The zero-order valence-corrected chi connectivity index (χ0v) is 9.00. The molecule has 0 aromatic rings. The Bertz CT molecular complexity index is 178. The van der Waals surface area contributed by atoms with E-state index in [1.165, 1.54) is 6.42 Å². The zero-order valence-electron chi connectivity index (χ0n) is 8.25. The number of ether oxygens (including phenoxy) is 1. The van der Waals surface area contributed by atoms with Gasteiger partial charge >= 0.3 is 5.97 Å². The van der Waals surface area contributed by atoms with Crippen molar-refractivity contribution in [1.82, 2.24) is 0 Å². The van der Waals surface area contributed by atoms with E-state index in [9.17, 15) is 4.79 Å². The van der Waals surface area contributed by atoms with Crippen LogP contribution in [0.2, 0.25) is 0 Å². The molecule has 0 amide bonds. The minimum Gasteiger partial charge on any atom is -0.462 e. The fourth-order valence-electron chi connectivity index (χ4n) is 1.66. The summed E-state index contributed by atoms with van der Waals surface area (Å²) in [4.78, 5) is 11.2. The number of hydrogen-bond donors (Lipinski definition) is 1. The maximum absolute atomic E-state index is 11.2. The lowest BCUT2D eigenvalue weighted by Gasteiger charge is -2.22. The number of halogens is 1. The number of aliphatic hydroxyl groups is 1. The van der Waals surface area contributed by atoms with Gasteiger partial charge < -0.3 is 9.84 Å². The average molecular weight is 221 g/mol. The van der Waals surface area contributed by atoms with Gasteiger partial charge in [-0.05, 0) is 25.7 Å². The van der Waals surface area contributed by atoms with Crippen molar-refractivity contribution in [3.63, 3.8) is 0 Å². The highest BCUT2D eigenvalue weighted by atomic mass is 35.5. The van der Waals surface area contributed by atoms with Crippen LogP contribution in [0.3, 0.4) is 0 Å². The summed E-state index contributed by atoms with van der Waals surface area (Å²) in [7, 11) is 0. The fraction of sp³-hybridized carbons (Fsp3) is 0.900. The van der Waals surface area contributed by atoms with Crippen molar-refractivity contribution in [2.45, 2.75) is 50.7 Å². The van der Waals surface area contributed by atoms with E-state index in [0.29, 0.717) is 0 Å². The first-order chi connectivity index (χ1) is 6.72. The molecule has 1 aliphatic rings. The monoisotopic (exact) mass is 220 g/mol. The van der Waals surface area contributed by atoms with Crippen molar-refractivity contribution in [3.05, 3.63) is 0 Å². The van der Waals surface area contributed by atoms with E-state index >= 15 is 0 Å². The maximum Gasteiger partial charge on any atom is 0.308 e. The molecule has 0 aromatic carbocycles. The molecular weight excluding hydrogens is 204 g/mol. The van der Waals surface area contributed by atoms with Crippen LogP contribution in [0.25, 0.3) is 0 Å². The molecule has 0 aliphatic heterocycles. The smallest absolute Gasteiger partial charge is 0.308 e. The molecule has 1 saturated carbocycles. The van der Waals surface area contributed by atoms with Crippen molar-refractivity contribution in [2.75, 3.05) is 5.88 Å². The summed E-state index contributed by atoms with van der Waals surface area (Å²) in [6.07, 6.45) is 4.74. The van der Waals surface area contributed by atoms with Crippen LogP contribution in [0.4, 0.5) is 0 Å². The number of esters is 1. The minimum absolute atomic E-state index is 0.0139. The number of hydrogen-bond acceptors (Lipinski definition) is 3. The maximum atomic E-state index is 11.2. The summed E-state index contributed by atoms with van der Waals surface area (Å²) in [6.45, 7) is 0. The Labute approximate surface area is 89.4 Å². The lowest BCUT2D eigenvalue weighted by Crippen LogP contribution is -2.24. The highest BCUT2D eigenvalue weighted by molar-refractivity contribution is 6.18. The zero-order chi connectivity index (χ0) is 10.4. The first-order valence-electron chi connectivity index (χ1n) is 5.16. The highest BCUT2D eigenvalue weighted by Gasteiger charge is 2.19. The molecule has 3 nitrogen and oxygen atoms in total. The first-order valence-corrected chi connectivity index (χ1v) is 5.69. The van der Waals surface area contributed by atoms with Crippen LogP contribution < -0.4 is 0 Å². The Morgan fingerprint density at radius 1 is 1.43 bits per heavy atom. The van der Waals surface area contributed by atoms with Crippen molar-refractivity contribution in [2.24, 2.45) is 0 Å².